The molecule has 0 aliphatic heterocycles. The fourth-order valence-electron chi connectivity index (χ4n) is 3.20. The van der Waals surface area contributed by atoms with Gasteiger partial charge in [0.2, 0.25) is 5.91 Å². The first-order valence-electron chi connectivity index (χ1n) is 8.49. The lowest BCUT2D eigenvalue weighted by Gasteiger charge is -2.21. The van der Waals surface area contributed by atoms with Gasteiger partial charge >= 0.3 is 0 Å². The molecule has 2 rings (SSSR count). The van der Waals surface area contributed by atoms with Gasteiger partial charge in [-0.05, 0) is 49.1 Å². The molecule has 1 aromatic carbocycles. The summed E-state index contributed by atoms with van der Waals surface area (Å²) in [7, 11) is 0. The first-order valence-corrected chi connectivity index (χ1v) is 8.49. The molecule has 0 radical (unpaired) electrons. The zero-order valence-corrected chi connectivity index (χ0v) is 15.4. The molecule has 0 aromatic heterocycles. The van der Waals surface area contributed by atoms with Crippen molar-refractivity contribution in [1.29, 1.82) is 0 Å². The highest BCUT2D eigenvalue weighted by molar-refractivity contribution is 5.85. The molecule has 1 aliphatic carbocycles. The lowest BCUT2D eigenvalue weighted by Crippen LogP contribution is -2.30. The fourth-order valence-corrected chi connectivity index (χ4v) is 3.20. The van der Waals surface area contributed by atoms with Gasteiger partial charge in [-0.3, -0.25) is 4.79 Å². The molecule has 1 aliphatic rings. The molecule has 1 saturated carbocycles. The van der Waals surface area contributed by atoms with Crippen molar-refractivity contribution >= 4 is 18.3 Å². The molecule has 0 heterocycles. The van der Waals surface area contributed by atoms with E-state index in [0.717, 1.165) is 36.8 Å². The molecule has 4 heteroatoms. The Kier molecular flexibility index (Phi) is 7.56. The van der Waals surface area contributed by atoms with Gasteiger partial charge in [0, 0.05) is 18.5 Å². The van der Waals surface area contributed by atoms with Crippen LogP contribution in [0.4, 0.5) is 0 Å². The predicted molar refractivity (Wildman–Crippen MR) is 98.5 cm³/mol. The quantitative estimate of drug-likeness (QED) is 0.802. The Morgan fingerprint density at radius 3 is 2.52 bits per heavy atom. The normalized spacial score (nSPS) is 21.7. The van der Waals surface area contributed by atoms with Crippen molar-refractivity contribution in [3.05, 3.63) is 35.4 Å². The summed E-state index contributed by atoms with van der Waals surface area (Å²) in [6.45, 7) is 7.21. The molecule has 23 heavy (non-hydrogen) atoms. The molecular weight excluding hydrogens is 308 g/mol. The third-order valence-corrected chi connectivity index (χ3v) is 4.92. The topological polar surface area (TPSA) is 55.1 Å². The summed E-state index contributed by atoms with van der Waals surface area (Å²) < 4.78 is 0. The van der Waals surface area contributed by atoms with Crippen LogP contribution in [0.15, 0.2) is 24.3 Å². The third kappa shape index (κ3) is 6.15. The van der Waals surface area contributed by atoms with Gasteiger partial charge in [-0.15, -0.1) is 12.4 Å². The molecular formula is C19H31ClN2O. The van der Waals surface area contributed by atoms with Gasteiger partial charge in [-0.25, -0.2) is 0 Å². The first kappa shape index (κ1) is 20.0. The number of nitrogens with two attached hydrogens (primary N) is 1. The highest BCUT2D eigenvalue weighted by atomic mass is 35.5. The molecule has 130 valence electrons. The van der Waals surface area contributed by atoms with E-state index >= 15 is 0 Å². The number of hydrogen-bond acceptors (Lipinski definition) is 2. The number of amides is 1. The number of carbonyl (C=O) groups excluding carboxylic acids is 1. The Balaban J connectivity index is 0.00000264. The van der Waals surface area contributed by atoms with Crippen LogP contribution in [0.2, 0.25) is 0 Å². The summed E-state index contributed by atoms with van der Waals surface area (Å²) in [6.07, 6.45) is 5.58. The van der Waals surface area contributed by atoms with Gasteiger partial charge in [0.25, 0.3) is 0 Å². The third-order valence-electron chi connectivity index (χ3n) is 4.92. The largest absolute Gasteiger partial charge is 0.352 e. The summed E-state index contributed by atoms with van der Waals surface area (Å²) in [5, 5.41) is 3.10. The number of rotatable bonds is 4. The van der Waals surface area contributed by atoms with Crippen LogP contribution in [0.1, 0.15) is 70.0 Å². The SMILES string of the molecule is CC(N)c1ccc(CNC(=O)C2CCCC(C)(C)CC2)cc1.Cl. The monoisotopic (exact) mass is 338 g/mol. The van der Waals surface area contributed by atoms with Crippen molar-refractivity contribution in [2.75, 3.05) is 0 Å². The van der Waals surface area contributed by atoms with Gasteiger partial charge in [0.05, 0.1) is 0 Å². The number of hydrogen-bond donors (Lipinski definition) is 2. The first-order chi connectivity index (χ1) is 10.4. The second kappa shape index (κ2) is 8.70. The van der Waals surface area contributed by atoms with Crippen LogP contribution in [0.3, 0.4) is 0 Å². The van der Waals surface area contributed by atoms with E-state index in [0.29, 0.717) is 12.0 Å². The van der Waals surface area contributed by atoms with E-state index in [1.807, 2.05) is 19.1 Å². The molecule has 1 fully saturated rings. The predicted octanol–water partition coefficient (Wildman–Crippen LogP) is 4.35. The molecule has 2 unspecified atom stereocenters. The minimum absolute atomic E-state index is 0. The number of halogens is 1. The van der Waals surface area contributed by atoms with Crippen LogP contribution in [0.25, 0.3) is 0 Å². The standard InChI is InChI=1S/C19H30N2O.ClH/c1-14(20)16-8-6-15(7-9-16)13-21-18(22)17-5-4-11-19(2,3)12-10-17;/h6-9,14,17H,4-5,10-13,20H2,1-3H3,(H,21,22);1H. The van der Waals surface area contributed by atoms with E-state index in [4.69, 9.17) is 5.73 Å². The van der Waals surface area contributed by atoms with Crippen LogP contribution >= 0.6 is 12.4 Å². The second-order valence-electron chi connectivity index (χ2n) is 7.54. The van der Waals surface area contributed by atoms with Crippen molar-refractivity contribution < 1.29 is 4.79 Å². The van der Waals surface area contributed by atoms with Crippen LogP contribution in [-0.4, -0.2) is 5.91 Å². The van der Waals surface area contributed by atoms with E-state index in [2.05, 4.69) is 31.3 Å². The molecule has 0 bridgehead atoms. The lowest BCUT2D eigenvalue weighted by atomic mass is 9.85. The van der Waals surface area contributed by atoms with Crippen molar-refractivity contribution in [1.82, 2.24) is 5.32 Å². The summed E-state index contributed by atoms with van der Waals surface area (Å²) >= 11 is 0. The highest BCUT2D eigenvalue weighted by Crippen LogP contribution is 2.36. The van der Waals surface area contributed by atoms with Gasteiger partial charge in [0.1, 0.15) is 0 Å². The van der Waals surface area contributed by atoms with Gasteiger partial charge in [-0.2, -0.15) is 0 Å². The summed E-state index contributed by atoms with van der Waals surface area (Å²) in [5.74, 6) is 0.402. The van der Waals surface area contributed by atoms with E-state index in [1.165, 1.54) is 6.42 Å². The average Bonchev–Trinajstić information content (AvgIpc) is 2.66. The lowest BCUT2D eigenvalue weighted by molar-refractivity contribution is -0.125. The van der Waals surface area contributed by atoms with E-state index in [1.54, 1.807) is 0 Å². The van der Waals surface area contributed by atoms with Crippen molar-refractivity contribution in [2.45, 2.75) is 65.5 Å². The van der Waals surface area contributed by atoms with Crippen molar-refractivity contribution in [3.8, 4) is 0 Å². The van der Waals surface area contributed by atoms with Crippen LogP contribution < -0.4 is 11.1 Å². The number of benzene rings is 1. The molecule has 3 N–H and O–H groups in total. The Morgan fingerprint density at radius 1 is 1.26 bits per heavy atom. The van der Waals surface area contributed by atoms with Crippen LogP contribution in [0, 0.1) is 11.3 Å². The number of carbonyl (C=O) groups is 1. The smallest absolute Gasteiger partial charge is 0.223 e. The van der Waals surface area contributed by atoms with Gasteiger partial charge in [0.15, 0.2) is 0 Å². The van der Waals surface area contributed by atoms with Crippen LogP contribution in [-0.2, 0) is 11.3 Å². The Hall–Kier alpha value is -1.06. The van der Waals surface area contributed by atoms with Crippen LogP contribution in [0.5, 0.6) is 0 Å². The van der Waals surface area contributed by atoms with E-state index < -0.39 is 0 Å². The van der Waals surface area contributed by atoms with Gasteiger partial charge in [-0.1, -0.05) is 44.5 Å². The second-order valence-corrected chi connectivity index (χ2v) is 7.54. The van der Waals surface area contributed by atoms with Crippen molar-refractivity contribution in [3.63, 3.8) is 0 Å². The summed E-state index contributed by atoms with van der Waals surface area (Å²) in [5.41, 5.74) is 8.50. The maximum Gasteiger partial charge on any atom is 0.223 e. The van der Waals surface area contributed by atoms with E-state index in [-0.39, 0.29) is 30.3 Å². The Bertz CT molecular complexity index is 497. The van der Waals surface area contributed by atoms with Crippen molar-refractivity contribution in [2.24, 2.45) is 17.1 Å². The maximum absolute atomic E-state index is 12.4. The highest BCUT2D eigenvalue weighted by Gasteiger charge is 2.27. The zero-order chi connectivity index (χ0) is 16.2. The zero-order valence-electron chi connectivity index (χ0n) is 14.6. The Morgan fingerprint density at radius 2 is 1.91 bits per heavy atom. The molecule has 1 aromatic rings. The number of nitrogens with one attached hydrogen (secondary N) is 1. The van der Waals surface area contributed by atoms with E-state index in [9.17, 15) is 4.79 Å². The molecule has 2 atom stereocenters. The molecule has 3 nitrogen and oxygen atoms in total. The molecule has 0 spiro atoms. The van der Waals surface area contributed by atoms with Gasteiger partial charge < -0.3 is 11.1 Å². The Labute approximate surface area is 146 Å². The minimum atomic E-state index is 0. The average molecular weight is 339 g/mol. The summed E-state index contributed by atoms with van der Waals surface area (Å²) in [4.78, 5) is 12.4. The molecule has 0 saturated heterocycles. The minimum Gasteiger partial charge on any atom is -0.352 e. The summed E-state index contributed by atoms with van der Waals surface area (Å²) in [6, 6.07) is 8.24. The fraction of sp³-hybridized carbons (Fsp3) is 0.632. The maximum atomic E-state index is 12.4. The molecule has 1 amide bonds.